The molecule has 13 heavy (non-hydrogen) atoms. The highest BCUT2D eigenvalue weighted by atomic mass is 35.5. The third-order valence-electron chi connectivity index (χ3n) is 1.39. The van der Waals surface area contributed by atoms with Crippen LogP contribution in [0.5, 0.6) is 0 Å². The van der Waals surface area contributed by atoms with Crippen molar-refractivity contribution in [3.8, 4) is 0 Å². The zero-order chi connectivity index (χ0) is 9.84. The lowest BCUT2D eigenvalue weighted by Gasteiger charge is -2.05. The molecule has 0 radical (unpaired) electrons. The van der Waals surface area contributed by atoms with Gasteiger partial charge in [0.05, 0.1) is 17.3 Å². The maximum atomic E-state index is 10.9. The fraction of sp³-hybridized carbons (Fsp3) is 0.125. The van der Waals surface area contributed by atoms with E-state index in [-0.39, 0.29) is 12.5 Å². The van der Waals surface area contributed by atoms with Gasteiger partial charge in [-0.15, -0.1) is 0 Å². The molecule has 0 saturated carbocycles. The lowest BCUT2D eigenvalue weighted by atomic mass is 10.3. The fourth-order valence-corrected chi connectivity index (χ4v) is 1.25. The minimum absolute atomic E-state index is 0.0705. The van der Waals surface area contributed by atoms with E-state index in [1.54, 1.807) is 18.2 Å². The number of anilines is 1. The van der Waals surface area contributed by atoms with Crippen molar-refractivity contribution in [3.63, 3.8) is 0 Å². The average Bonchev–Trinajstić information content (AvgIpc) is 2.09. The molecule has 1 amide bonds. The Morgan fingerprint density at radius 3 is 2.69 bits per heavy atom. The van der Waals surface area contributed by atoms with Gasteiger partial charge < -0.3 is 11.1 Å². The molecule has 0 aromatic heterocycles. The Balaban J connectivity index is 2.83. The lowest BCUT2D eigenvalue weighted by molar-refractivity contribution is -0.114. The van der Waals surface area contributed by atoms with Crippen LogP contribution in [0.4, 0.5) is 5.69 Å². The number of hydrogen-bond acceptors (Lipinski definition) is 2. The van der Waals surface area contributed by atoms with Gasteiger partial charge in [-0.3, -0.25) is 4.79 Å². The standard InChI is InChI=1S/C8H8Cl2N2O/c9-5-1-2-7(6(10)3-5)12-8(13)4-11/h1-3H,4,11H2,(H,12,13). The van der Waals surface area contributed by atoms with Crippen LogP contribution in [0.15, 0.2) is 18.2 Å². The molecular weight excluding hydrogens is 211 g/mol. The van der Waals surface area contributed by atoms with E-state index in [0.717, 1.165) is 0 Å². The molecule has 1 aromatic rings. The molecule has 0 fully saturated rings. The predicted octanol–water partition coefficient (Wildman–Crippen LogP) is 1.89. The first-order valence-electron chi connectivity index (χ1n) is 3.58. The molecule has 0 unspecified atom stereocenters. The molecule has 0 bridgehead atoms. The van der Waals surface area contributed by atoms with E-state index in [1.807, 2.05) is 0 Å². The van der Waals surface area contributed by atoms with Crippen LogP contribution in [0.1, 0.15) is 0 Å². The molecule has 1 rings (SSSR count). The smallest absolute Gasteiger partial charge is 0.238 e. The summed E-state index contributed by atoms with van der Waals surface area (Å²) in [5.41, 5.74) is 5.63. The van der Waals surface area contributed by atoms with Gasteiger partial charge in [-0.2, -0.15) is 0 Å². The van der Waals surface area contributed by atoms with Crippen LogP contribution in [0.2, 0.25) is 10.0 Å². The molecule has 0 heterocycles. The van der Waals surface area contributed by atoms with Gasteiger partial charge in [0, 0.05) is 5.02 Å². The summed E-state index contributed by atoms with van der Waals surface area (Å²) in [4.78, 5) is 10.9. The van der Waals surface area contributed by atoms with Crippen molar-refractivity contribution >= 4 is 34.8 Å². The van der Waals surface area contributed by atoms with Gasteiger partial charge in [0.2, 0.25) is 5.91 Å². The van der Waals surface area contributed by atoms with E-state index < -0.39 is 0 Å². The minimum atomic E-state index is -0.288. The van der Waals surface area contributed by atoms with Crippen molar-refractivity contribution in [1.82, 2.24) is 0 Å². The second kappa shape index (κ2) is 4.46. The minimum Gasteiger partial charge on any atom is -0.324 e. The zero-order valence-corrected chi connectivity index (χ0v) is 8.19. The van der Waals surface area contributed by atoms with Crippen LogP contribution in [-0.2, 0) is 4.79 Å². The number of amides is 1. The van der Waals surface area contributed by atoms with Gasteiger partial charge >= 0.3 is 0 Å². The van der Waals surface area contributed by atoms with E-state index in [2.05, 4.69) is 5.32 Å². The fourth-order valence-electron chi connectivity index (χ4n) is 0.792. The van der Waals surface area contributed by atoms with Crippen LogP contribution in [0, 0.1) is 0 Å². The van der Waals surface area contributed by atoms with E-state index in [9.17, 15) is 4.79 Å². The third-order valence-corrected chi connectivity index (χ3v) is 1.94. The number of nitrogens with one attached hydrogen (secondary N) is 1. The van der Waals surface area contributed by atoms with Crippen LogP contribution in [-0.4, -0.2) is 12.5 Å². The Bertz CT molecular complexity index is 328. The Morgan fingerprint density at radius 1 is 1.46 bits per heavy atom. The summed E-state index contributed by atoms with van der Waals surface area (Å²) < 4.78 is 0. The number of halogens is 2. The van der Waals surface area contributed by atoms with Gasteiger partial charge in [0.15, 0.2) is 0 Å². The topological polar surface area (TPSA) is 55.1 Å². The van der Waals surface area contributed by atoms with Crippen molar-refractivity contribution in [2.45, 2.75) is 0 Å². The van der Waals surface area contributed by atoms with Crippen molar-refractivity contribution in [3.05, 3.63) is 28.2 Å². The molecule has 0 atom stereocenters. The van der Waals surface area contributed by atoms with Crippen LogP contribution in [0.3, 0.4) is 0 Å². The van der Waals surface area contributed by atoms with E-state index in [4.69, 9.17) is 28.9 Å². The van der Waals surface area contributed by atoms with Gasteiger partial charge in [0.25, 0.3) is 0 Å². The van der Waals surface area contributed by atoms with E-state index in [0.29, 0.717) is 15.7 Å². The average molecular weight is 219 g/mol. The number of rotatable bonds is 2. The van der Waals surface area contributed by atoms with Crippen molar-refractivity contribution in [2.75, 3.05) is 11.9 Å². The zero-order valence-electron chi connectivity index (χ0n) is 6.68. The molecule has 0 aliphatic rings. The Labute approximate surface area is 85.8 Å². The molecule has 70 valence electrons. The predicted molar refractivity (Wildman–Crippen MR) is 54.1 cm³/mol. The summed E-state index contributed by atoms with van der Waals surface area (Å²) in [5, 5.41) is 3.45. The van der Waals surface area contributed by atoms with Gasteiger partial charge in [0.1, 0.15) is 0 Å². The number of carbonyl (C=O) groups excluding carboxylic acids is 1. The quantitative estimate of drug-likeness (QED) is 0.797. The summed E-state index contributed by atoms with van der Waals surface area (Å²) >= 11 is 11.5. The lowest BCUT2D eigenvalue weighted by Crippen LogP contribution is -2.21. The molecule has 3 N–H and O–H groups in total. The molecular formula is C8H8Cl2N2O. The van der Waals surface area contributed by atoms with Crippen LogP contribution in [0.25, 0.3) is 0 Å². The molecule has 0 spiro atoms. The van der Waals surface area contributed by atoms with Gasteiger partial charge in [-0.05, 0) is 18.2 Å². The summed E-state index contributed by atoms with van der Waals surface area (Å²) in [6, 6.07) is 4.81. The Kier molecular flexibility index (Phi) is 3.54. The van der Waals surface area contributed by atoms with Crippen molar-refractivity contribution in [1.29, 1.82) is 0 Å². The normalized spacial score (nSPS) is 9.77. The maximum Gasteiger partial charge on any atom is 0.238 e. The first kappa shape index (κ1) is 10.3. The van der Waals surface area contributed by atoms with Crippen LogP contribution >= 0.6 is 23.2 Å². The number of carbonyl (C=O) groups is 1. The summed E-state index contributed by atoms with van der Waals surface area (Å²) in [6.45, 7) is -0.0705. The SMILES string of the molecule is NCC(=O)Nc1ccc(Cl)cc1Cl. The first-order valence-corrected chi connectivity index (χ1v) is 4.34. The highest BCUT2D eigenvalue weighted by Crippen LogP contribution is 2.24. The van der Waals surface area contributed by atoms with Crippen molar-refractivity contribution in [2.24, 2.45) is 5.73 Å². The van der Waals surface area contributed by atoms with Gasteiger partial charge in [-0.1, -0.05) is 23.2 Å². The highest BCUT2D eigenvalue weighted by Gasteiger charge is 2.03. The molecule has 5 heteroatoms. The third kappa shape index (κ3) is 2.88. The van der Waals surface area contributed by atoms with E-state index >= 15 is 0 Å². The summed E-state index contributed by atoms with van der Waals surface area (Å²) in [6.07, 6.45) is 0. The number of hydrogen-bond donors (Lipinski definition) is 2. The monoisotopic (exact) mass is 218 g/mol. The molecule has 0 aliphatic heterocycles. The Hall–Kier alpha value is -0.770. The molecule has 0 saturated heterocycles. The molecule has 1 aromatic carbocycles. The van der Waals surface area contributed by atoms with E-state index in [1.165, 1.54) is 0 Å². The molecule has 0 aliphatic carbocycles. The Morgan fingerprint density at radius 2 is 2.15 bits per heavy atom. The first-order chi connectivity index (χ1) is 6.13. The number of benzene rings is 1. The summed E-state index contributed by atoms with van der Waals surface area (Å²) in [7, 11) is 0. The largest absolute Gasteiger partial charge is 0.324 e. The van der Waals surface area contributed by atoms with Gasteiger partial charge in [-0.25, -0.2) is 0 Å². The second-order valence-corrected chi connectivity index (χ2v) is 3.22. The second-order valence-electron chi connectivity index (χ2n) is 2.38. The van der Waals surface area contributed by atoms with Crippen LogP contribution < -0.4 is 11.1 Å². The highest BCUT2D eigenvalue weighted by molar-refractivity contribution is 6.36. The maximum absolute atomic E-state index is 10.9. The molecule has 3 nitrogen and oxygen atoms in total. The van der Waals surface area contributed by atoms with Crippen molar-refractivity contribution < 1.29 is 4.79 Å². The number of nitrogens with two attached hydrogens (primary N) is 1. The summed E-state index contributed by atoms with van der Waals surface area (Å²) in [5.74, 6) is -0.288.